The van der Waals surface area contributed by atoms with E-state index in [1.54, 1.807) is 18.2 Å². The lowest BCUT2D eigenvalue weighted by Gasteiger charge is -2.06. The van der Waals surface area contributed by atoms with E-state index >= 15 is 0 Å². The highest BCUT2D eigenvalue weighted by Gasteiger charge is 2.14. The summed E-state index contributed by atoms with van der Waals surface area (Å²) in [5, 5.41) is 0. The molecule has 1 atom stereocenters. The van der Waals surface area contributed by atoms with E-state index < -0.39 is 22.3 Å². The van der Waals surface area contributed by atoms with Gasteiger partial charge in [0.05, 0.1) is 0 Å². The molecule has 1 aromatic carbocycles. The number of benzene rings is 1. The summed E-state index contributed by atoms with van der Waals surface area (Å²) in [4.78, 5) is 22.4. The fourth-order valence-electron chi connectivity index (χ4n) is 1.53. The Bertz CT molecular complexity index is 668. The normalized spacial score (nSPS) is 11.8. The van der Waals surface area contributed by atoms with Gasteiger partial charge in [-0.1, -0.05) is 12.1 Å². The van der Waals surface area contributed by atoms with Crippen LogP contribution < -0.4 is 16.9 Å². The van der Waals surface area contributed by atoms with E-state index in [2.05, 4.69) is 0 Å². The van der Waals surface area contributed by atoms with Gasteiger partial charge < -0.3 is 10.3 Å². The van der Waals surface area contributed by atoms with Gasteiger partial charge >= 0.3 is 11.1 Å². The summed E-state index contributed by atoms with van der Waals surface area (Å²) in [6.45, 7) is 1.91. The van der Waals surface area contributed by atoms with Crippen LogP contribution in [0.3, 0.4) is 0 Å². The van der Waals surface area contributed by atoms with Crippen LogP contribution in [0.1, 0.15) is 11.1 Å². The number of H-pyrrole nitrogens is 1. The summed E-state index contributed by atoms with van der Waals surface area (Å²) < 4.78 is 14.5. The van der Waals surface area contributed by atoms with Gasteiger partial charge in [-0.2, -0.15) is 0 Å². The van der Waals surface area contributed by atoms with Gasteiger partial charge in [0.1, 0.15) is 17.7 Å². The summed E-state index contributed by atoms with van der Waals surface area (Å²) in [7, 11) is 0. The molecule has 0 aliphatic carbocycles. The van der Waals surface area contributed by atoms with Gasteiger partial charge in [0.2, 0.25) is 0 Å². The standard InChI is InChI=1S/C10H11N3O3S/c1-6-7(3-2-4-8(6)11)5-13-10(15)9(14)12-17(13)16/h2-4H,5,11H2,1H3,(H,12,14). The van der Waals surface area contributed by atoms with Crippen LogP contribution in [0.4, 0.5) is 5.69 Å². The maximum atomic E-state index is 11.4. The number of hydrogen-bond donors (Lipinski definition) is 2. The molecule has 2 aromatic rings. The molecule has 90 valence electrons. The monoisotopic (exact) mass is 253 g/mol. The number of aromatic nitrogens is 2. The van der Waals surface area contributed by atoms with E-state index in [9.17, 15) is 14.1 Å². The lowest BCUT2D eigenvalue weighted by Crippen LogP contribution is -2.28. The van der Waals surface area contributed by atoms with E-state index in [-0.39, 0.29) is 6.54 Å². The lowest BCUT2D eigenvalue weighted by atomic mass is 10.1. The first-order valence-electron chi connectivity index (χ1n) is 4.89. The molecular formula is C10H11N3O3S. The highest BCUT2D eigenvalue weighted by atomic mass is 32.2. The summed E-state index contributed by atoms with van der Waals surface area (Å²) in [6, 6.07) is 5.26. The molecule has 0 radical (unpaired) electrons. The van der Waals surface area contributed by atoms with Crippen LogP contribution in [0, 0.1) is 6.92 Å². The van der Waals surface area contributed by atoms with Crippen molar-refractivity contribution in [3.8, 4) is 0 Å². The van der Waals surface area contributed by atoms with Crippen LogP contribution in [0.25, 0.3) is 0 Å². The Labute approximate surface area is 99.4 Å². The van der Waals surface area contributed by atoms with Gasteiger partial charge in [-0.3, -0.25) is 9.59 Å². The number of rotatable bonds is 2. The predicted molar refractivity (Wildman–Crippen MR) is 64.7 cm³/mol. The van der Waals surface area contributed by atoms with Crippen LogP contribution in [0.2, 0.25) is 0 Å². The molecule has 0 saturated heterocycles. The van der Waals surface area contributed by atoms with Crippen molar-refractivity contribution in [2.75, 3.05) is 5.73 Å². The minimum atomic E-state index is -1.79. The number of nitrogens with zero attached hydrogens (tertiary/aromatic N) is 1. The van der Waals surface area contributed by atoms with Crippen molar-refractivity contribution >= 4 is 16.8 Å². The fraction of sp³-hybridized carbons (Fsp3) is 0.200. The Morgan fingerprint density at radius 2 is 2.18 bits per heavy atom. The third kappa shape index (κ3) is 2.02. The maximum Gasteiger partial charge on any atom is 0.362 e. The van der Waals surface area contributed by atoms with Gasteiger partial charge in [0.25, 0.3) is 0 Å². The van der Waals surface area contributed by atoms with Crippen molar-refractivity contribution in [3.05, 3.63) is 50.0 Å². The molecule has 0 amide bonds. The molecule has 1 aromatic heterocycles. The van der Waals surface area contributed by atoms with Gasteiger partial charge in [-0.15, -0.1) is 8.33 Å². The van der Waals surface area contributed by atoms with Crippen molar-refractivity contribution < 1.29 is 4.55 Å². The number of hydrogen-bond acceptors (Lipinski definition) is 4. The van der Waals surface area contributed by atoms with Gasteiger partial charge in [0, 0.05) is 5.69 Å². The Balaban J connectivity index is 2.49. The highest BCUT2D eigenvalue weighted by Crippen LogP contribution is 2.17. The van der Waals surface area contributed by atoms with Crippen LogP contribution in [-0.2, 0) is 6.54 Å². The molecule has 1 heterocycles. The number of nitrogen functional groups attached to an aromatic ring is 1. The molecule has 2 rings (SSSR count). The number of anilines is 1. The molecule has 0 saturated carbocycles. The molecule has 0 aliphatic heterocycles. The summed E-state index contributed by atoms with van der Waals surface area (Å²) in [5.74, 6) is 0. The minimum Gasteiger partial charge on any atom is -0.549 e. The second kappa shape index (κ2) is 4.19. The van der Waals surface area contributed by atoms with Crippen molar-refractivity contribution in [2.45, 2.75) is 13.5 Å². The Morgan fingerprint density at radius 3 is 2.76 bits per heavy atom. The third-order valence-electron chi connectivity index (χ3n) is 2.60. The largest absolute Gasteiger partial charge is 0.549 e. The molecule has 3 N–H and O–H groups in total. The van der Waals surface area contributed by atoms with E-state index in [1.807, 2.05) is 11.3 Å². The number of nitrogens with two attached hydrogens (primary N) is 1. The number of aromatic amines is 1. The third-order valence-corrected chi connectivity index (χ3v) is 3.66. The van der Waals surface area contributed by atoms with Crippen LogP contribution in [0.15, 0.2) is 27.8 Å². The molecule has 0 fully saturated rings. The van der Waals surface area contributed by atoms with Crippen molar-refractivity contribution in [1.29, 1.82) is 0 Å². The summed E-state index contributed by atoms with van der Waals surface area (Å²) >= 11 is -1.79. The van der Waals surface area contributed by atoms with Crippen molar-refractivity contribution in [1.82, 2.24) is 8.33 Å². The van der Waals surface area contributed by atoms with E-state index in [0.29, 0.717) is 5.69 Å². The van der Waals surface area contributed by atoms with Crippen LogP contribution in [0.5, 0.6) is 0 Å². The average molecular weight is 253 g/mol. The first-order valence-corrected chi connectivity index (χ1v) is 5.99. The SMILES string of the molecule is Cc1c(N)cccc1Cn1c(=O)c(=O)[nH][s+]1[O-]. The van der Waals surface area contributed by atoms with Gasteiger partial charge in [-0.25, -0.2) is 0 Å². The fourth-order valence-corrected chi connectivity index (χ4v) is 2.37. The second-order valence-corrected chi connectivity index (χ2v) is 4.80. The Hall–Kier alpha value is -1.86. The highest BCUT2D eigenvalue weighted by molar-refractivity contribution is 7.14. The quantitative estimate of drug-likeness (QED) is 0.453. The lowest BCUT2D eigenvalue weighted by molar-refractivity contribution is 0.567. The first-order chi connectivity index (χ1) is 8.00. The predicted octanol–water partition coefficient (Wildman–Crippen LogP) is 0.203. The molecule has 6 nitrogen and oxygen atoms in total. The average Bonchev–Trinajstić information content (AvgIpc) is 2.51. The second-order valence-electron chi connectivity index (χ2n) is 3.65. The molecule has 0 bridgehead atoms. The van der Waals surface area contributed by atoms with Crippen molar-refractivity contribution in [2.24, 2.45) is 0 Å². The maximum absolute atomic E-state index is 11.4. The Morgan fingerprint density at radius 1 is 1.47 bits per heavy atom. The van der Waals surface area contributed by atoms with Crippen LogP contribution >= 0.6 is 11.1 Å². The van der Waals surface area contributed by atoms with Crippen molar-refractivity contribution in [3.63, 3.8) is 0 Å². The minimum absolute atomic E-state index is 0.0983. The topological polar surface area (TPSA) is 104 Å². The molecule has 0 aliphatic rings. The van der Waals surface area contributed by atoms with E-state index in [1.165, 1.54) is 0 Å². The smallest absolute Gasteiger partial charge is 0.362 e. The molecule has 0 spiro atoms. The zero-order valence-electron chi connectivity index (χ0n) is 9.10. The van der Waals surface area contributed by atoms with Gasteiger partial charge in [0.15, 0.2) is 0 Å². The van der Waals surface area contributed by atoms with E-state index in [0.717, 1.165) is 15.1 Å². The molecule has 17 heavy (non-hydrogen) atoms. The molecule has 1 unspecified atom stereocenters. The molecular weight excluding hydrogens is 242 g/mol. The van der Waals surface area contributed by atoms with Gasteiger partial charge in [-0.05, 0) is 24.1 Å². The molecule has 7 heteroatoms. The van der Waals surface area contributed by atoms with E-state index in [4.69, 9.17) is 5.73 Å². The summed E-state index contributed by atoms with van der Waals surface area (Å²) in [5.41, 5.74) is 6.28. The zero-order chi connectivity index (χ0) is 12.6. The van der Waals surface area contributed by atoms with Crippen LogP contribution in [-0.4, -0.2) is 12.9 Å². The Kier molecular flexibility index (Phi) is 2.86. The summed E-state index contributed by atoms with van der Waals surface area (Å²) in [6.07, 6.45) is 0. The first kappa shape index (κ1) is 11.6. The number of nitrogens with one attached hydrogen (secondary N) is 1. The zero-order valence-corrected chi connectivity index (χ0v) is 9.91.